The molecule has 1 atom stereocenters. The standard InChI is InChI=1S/C15H18O2/c1-4-5-6-14(16)12-8-15-13(7-10(12)2)11(3)9-17-15/h4-5,7-9,14,16H,6H2,1-3H3/t14-/m0/s1. The monoisotopic (exact) mass is 230 g/mol. The minimum Gasteiger partial charge on any atom is -0.464 e. The van der Waals surface area contributed by atoms with Gasteiger partial charge in [0.15, 0.2) is 0 Å². The molecule has 1 aromatic heterocycles. The van der Waals surface area contributed by atoms with E-state index in [1.807, 2.05) is 39.0 Å². The minimum absolute atomic E-state index is 0.457. The average molecular weight is 230 g/mol. The number of hydrogen-bond donors (Lipinski definition) is 1. The zero-order chi connectivity index (χ0) is 12.4. The van der Waals surface area contributed by atoms with Gasteiger partial charge >= 0.3 is 0 Å². The first-order chi connectivity index (χ1) is 8.13. The normalized spacial score (nSPS) is 13.6. The van der Waals surface area contributed by atoms with E-state index in [9.17, 15) is 5.11 Å². The minimum atomic E-state index is -0.457. The van der Waals surface area contributed by atoms with Crippen LogP contribution in [0.1, 0.15) is 36.1 Å². The van der Waals surface area contributed by atoms with E-state index in [2.05, 4.69) is 6.07 Å². The van der Waals surface area contributed by atoms with Crippen LogP contribution in [0.2, 0.25) is 0 Å². The summed E-state index contributed by atoms with van der Waals surface area (Å²) in [6.45, 7) is 6.01. The highest BCUT2D eigenvalue weighted by atomic mass is 16.3. The highest BCUT2D eigenvalue weighted by Crippen LogP contribution is 2.29. The number of benzene rings is 1. The van der Waals surface area contributed by atoms with Gasteiger partial charge in [-0.3, -0.25) is 0 Å². The molecule has 0 unspecified atom stereocenters. The predicted molar refractivity (Wildman–Crippen MR) is 70.1 cm³/mol. The van der Waals surface area contributed by atoms with Gasteiger partial charge in [0, 0.05) is 5.39 Å². The predicted octanol–water partition coefficient (Wildman–Crippen LogP) is 4.05. The quantitative estimate of drug-likeness (QED) is 0.807. The molecular weight excluding hydrogens is 212 g/mol. The molecule has 0 saturated carbocycles. The van der Waals surface area contributed by atoms with Crippen molar-refractivity contribution >= 4 is 11.0 Å². The average Bonchev–Trinajstić information content (AvgIpc) is 2.67. The van der Waals surface area contributed by atoms with Crippen molar-refractivity contribution < 1.29 is 9.52 Å². The Morgan fingerprint density at radius 2 is 2.06 bits per heavy atom. The summed E-state index contributed by atoms with van der Waals surface area (Å²) in [5.41, 5.74) is 4.05. The third-order valence-electron chi connectivity index (χ3n) is 3.11. The second kappa shape index (κ2) is 4.76. The summed E-state index contributed by atoms with van der Waals surface area (Å²) in [6, 6.07) is 4.04. The smallest absolute Gasteiger partial charge is 0.134 e. The SMILES string of the molecule is CC=CC[C@H](O)c1cc2occ(C)c2cc1C. The zero-order valence-corrected chi connectivity index (χ0v) is 10.5. The van der Waals surface area contributed by atoms with Gasteiger partial charge in [-0.15, -0.1) is 0 Å². The Morgan fingerprint density at radius 1 is 1.29 bits per heavy atom. The van der Waals surface area contributed by atoms with Gasteiger partial charge in [0.05, 0.1) is 12.4 Å². The highest BCUT2D eigenvalue weighted by Gasteiger charge is 2.12. The topological polar surface area (TPSA) is 33.4 Å². The summed E-state index contributed by atoms with van der Waals surface area (Å²) >= 11 is 0. The number of allylic oxidation sites excluding steroid dienone is 1. The molecule has 1 N–H and O–H groups in total. The second-order valence-corrected chi connectivity index (χ2v) is 4.44. The number of rotatable bonds is 3. The van der Waals surface area contributed by atoms with E-state index in [1.54, 1.807) is 6.26 Å². The molecule has 0 amide bonds. The van der Waals surface area contributed by atoms with Gasteiger partial charge in [-0.1, -0.05) is 12.2 Å². The molecule has 1 heterocycles. The molecule has 1 aromatic carbocycles. The first-order valence-corrected chi connectivity index (χ1v) is 5.91. The lowest BCUT2D eigenvalue weighted by Crippen LogP contribution is -1.98. The molecule has 17 heavy (non-hydrogen) atoms. The summed E-state index contributed by atoms with van der Waals surface area (Å²) in [6.07, 6.45) is 5.87. The van der Waals surface area contributed by atoms with Crippen LogP contribution in [0.15, 0.2) is 35.0 Å². The molecular formula is C15H18O2. The van der Waals surface area contributed by atoms with Crippen molar-refractivity contribution in [1.29, 1.82) is 0 Å². The van der Waals surface area contributed by atoms with E-state index < -0.39 is 6.10 Å². The molecule has 2 nitrogen and oxygen atoms in total. The number of aryl methyl sites for hydroxylation is 2. The van der Waals surface area contributed by atoms with Crippen molar-refractivity contribution in [2.24, 2.45) is 0 Å². The molecule has 2 rings (SSSR count). The van der Waals surface area contributed by atoms with Crippen LogP contribution in [0.4, 0.5) is 0 Å². The number of fused-ring (bicyclic) bond motifs is 1. The van der Waals surface area contributed by atoms with Crippen LogP contribution in [-0.2, 0) is 0 Å². The summed E-state index contributed by atoms with van der Waals surface area (Å²) < 4.78 is 5.47. The highest BCUT2D eigenvalue weighted by molar-refractivity contribution is 5.82. The van der Waals surface area contributed by atoms with Crippen molar-refractivity contribution in [3.63, 3.8) is 0 Å². The first-order valence-electron chi connectivity index (χ1n) is 5.91. The molecule has 0 spiro atoms. The Labute approximate surface area is 102 Å². The summed E-state index contributed by atoms with van der Waals surface area (Å²) in [7, 11) is 0. The van der Waals surface area contributed by atoms with Crippen LogP contribution in [0.5, 0.6) is 0 Å². The maximum atomic E-state index is 10.1. The van der Waals surface area contributed by atoms with Crippen molar-refractivity contribution in [3.8, 4) is 0 Å². The number of hydrogen-bond acceptors (Lipinski definition) is 2. The molecule has 2 heteroatoms. The first kappa shape index (κ1) is 11.9. The van der Waals surface area contributed by atoms with Crippen LogP contribution >= 0.6 is 0 Å². The third kappa shape index (κ3) is 2.27. The van der Waals surface area contributed by atoms with E-state index in [-0.39, 0.29) is 0 Å². The molecule has 0 saturated heterocycles. The molecule has 0 aliphatic heterocycles. The molecule has 0 aliphatic rings. The van der Waals surface area contributed by atoms with Crippen LogP contribution in [0.25, 0.3) is 11.0 Å². The van der Waals surface area contributed by atoms with Gasteiger partial charge < -0.3 is 9.52 Å². The molecule has 0 aliphatic carbocycles. The summed E-state index contributed by atoms with van der Waals surface area (Å²) in [4.78, 5) is 0. The lowest BCUT2D eigenvalue weighted by molar-refractivity contribution is 0.181. The molecule has 2 aromatic rings. The van der Waals surface area contributed by atoms with Crippen LogP contribution in [-0.4, -0.2) is 5.11 Å². The Bertz CT molecular complexity index is 549. The largest absolute Gasteiger partial charge is 0.464 e. The number of aliphatic hydroxyl groups is 1. The Hall–Kier alpha value is -1.54. The van der Waals surface area contributed by atoms with Crippen LogP contribution in [0, 0.1) is 13.8 Å². The molecule has 0 fully saturated rings. The Kier molecular flexibility index (Phi) is 3.34. The van der Waals surface area contributed by atoms with Gasteiger partial charge in [0.2, 0.25) is 0 Å². The molecule has 0 bridgehead atoms. The van der Waals surface area contributed by atoms with E-state index >= 15 is 0 Å². The van der Waals surface area contributed by atoms with Crippen LogP contribution in [0.3, 0.4) is 0 Å². The fourth-order valence-electron chi connectivity index (χ4n) is 2.08. The van der Waals surface area contributed by atoms with Gasteiger partial charge in [-0.05, 0) is 56.0 Å². The Morgan fingerprint density at radius 3 is 2.76 bits per heavy atom. The van der Waals surface area contributed by atoms with Gasteiger partial charge in [0.1, 0.15) is 5.58 Å². The van der Waals surface area contributed by atoms with E-state index in [4.69, 9.17) is 4.42 Å². The zero-order valence-electron chi connectivity index (χ0n) is 10.5. The molecule has 0 radical (unpaired) electrons. The van der Waals surface area contributed by atoms with E-state index in [0.29, 0.717) is 6.42 Å². The van der Waals surface area contributed by atoms with Crippen molar-refractivity contribution in [2.45, 2.75) is 33.3 Å². The van der Waals surface area contributed by atoms with E-state index in [1.165, 1.54) is 0 Å². The molecule has 90 valence electrons. The third-order valence-corrected chi connectivity index (χ3v) is 3.11. The second-order valence-electron chi connectivity index (χ2n) is 4.44. The fraction of sp³-hybridized carbons (Fsp3) is 0.333. The van der Waals surface area contributed by atoms with Gasteiger partial charge in [0.25, 0.3) is 0 Å². The van der Waals surface area contributed by atoms with Crippen molar-refractivity contribution in [1.82, 2.24) is 0 Å². The van der Waals surface area contributed by atoms with Gasteiger partial charge in [-0.25, -0.2) is 0 Å². The summed E-state index contributed by atoms with van der Waals surface area (Å²) in [5, 5.41) is 11.2. The van der Waals surface area contributed by atoms with Crippen molar-refractivity contribution in [3.05, 3.63) is 47.2 Å². The van der Waals surface area contributed by atoms with E-state index in [0.717, 1.165) is 27.7 Å². The fourth-order valence-corrected chi connectivity index (χ4v) is 2.08. The number of furan rings is 1. The number of aliphatic hydroxyl groups excluding tert-OH is 1. The maximum absolute atomic E-state index is 10.1. The van der Waals surface area contributed by atoms with Crippen molar-refractivity contribution in [2.75, 3.05) is 0 Å². The lowest BCUT2D eigenvalue weighted by atomic mass is 9.98. The van der Waals surface area contributed by atoms with Crippen LogP contribution < -0.4 is 0 Å². The van der Waals surface area contributed by atoms with Gasteiger partial charge in [-0.2, -0.15) is 0 Å². The Balaban J connectivity index is 2.43. The lowest BCUT2D eigenvalue weighted by Gasteiger charge is -2.11. The summed E-state index contributed by atoms with van der Waals surface area (Å²) in [5.74, 6) is 0. The maximum Gasteiger partial charge on any atom is 0.134 e.